The molecule has 1 aliphatic heterocycles. The van der Waals surface area contributed by atoms with Gasteiger partial charge in [0.2, 0.25) is 20.9 Å². The second-order valence-corrected chi connectivity index (χ2v) is 9.94. The summed E-state index contributed by atoms with van der Waals surface area (Å²) in [6.45, 7) is 10.1. The van der Waals surface area contributed by atoms with Crippen LogP contribution in [-0.4, -0.2) is 71.3 Å². The monoisotopic (exact) mass is 410 g/mol. The molecule has 2 aromatic rings. The minimum Gasteiger partial charge on any atom is -0.479 e. The van der Waals surface area contributed by atoms with E-state index in [0.717, 1.165) is 0 Å². The first-order valence-corrected chi connectivity index (χ1v) is 11.5. The lowest BCUT2D eigenvalue weighted by molar-refractivity contribution is -0.0989. The number of hydrogen-bond donors (Lipinski definition) is 2. The Morgan fingerprint density at radius 2 is 2.04 bits per heavy atom. The molecule has 11 heteroatoms. The Morgan fingerprint density at radius 1 is 1.32 bits per heavy atom. The number of nitrogen functional groups attached to an aromatic ring is 1. The highest BCUT2D eigenvalue weighted by atomic mass is 28.3. The first kappa shape index (κ1) is 20.9. The number of methoxy groups -OCH3 is 1. The van der Waals surface area contributed by atoms with Gasteiger partial charge in [0.05, 0.1) is 25.6 Å². The van der Waals surface area contributed by atoms with Gasteiger partial charge in [0.1, 0.15) is 18.3 Å². The summed E-state index contributed by atoms with van der Waals surface area (Å²) in [6, 6.07) is 0. The van der Waals surface area contributed by atoms with Crippen LogP contribution in [0.25, 0.3) is 11.2 Å². The largest absolute Gasteiger partial charge is 0.479 e. The molecule has 0 spiro atoms. The van der Waals surface area contributed by atoms with Crippen LogP contribution in [0.2, 0.25) is 13.1 Å². The zero-order valence-electron chi connectivity index (χ0n) is 17.0. The number of aliphatic hydroxyl groups excluding tert-OH is 1. The van der Waals surface area contributed by atoms with Crippen molar-refractivity contribution in [1.82, 2.24) is 19.5 Å². The molecule has 1 saturated heterocycles. The van der Waals surface area contributed by atoms with E-state index in [-0.39, 0.29) is 24.0 Å². The normalized spacial score (nSPS) is 25.7. The maximum absolute atomic E-state index is 10.9. The van der Waals surface area contributed by atoms with E-state index in [9.17, 15) is 5.11 Å². The molecule has 1 radical (unpaired) electrons. The molecular formula is C17H28N5O5Si. The smallest absolute Gasteiger partial charge is 0.246 e. The number of aliphatic hydroxyl groups is 1. The minimum atomic E-state index is -1.11. The van der Waals surface area contributed by atoms with Gasteiger partial charge in [0.15, 0.2) is 17.4 Å². The molecule has 10 nitrogen and oxygen atoms in total. The highest BCUT2D eigenvalue weighted by Gasteiger charge is 2.47. The van der Waals surface area contributed by atoms with Crippen molar-refractivity contribution in [1.29, 1.82) is 0 Å². The van der Waals surface area contributed by atoms with E-state index in [1.54, 1.807) is 10.9 Å². The number of ether oxygens (including phenoxy) is 3. The number of nitrogens with two attached hydrogens (primary N) is 1. The minimum absolute atomic E-state index is 0.0606. The van der Waals surface area contributed by atoms with Crippen molar-refractivity contribution >= 4 is 26.2 Å². The van der Waals surface area contributed by atoms with E-state index in [0.29, 0.717) is 11.2 Å². The number of imidazole rings is 1. The second kappa shape index (κ2) is 7.91. The Labute approximate surface area is 165 Å². The summed E-state index contributed by atoms with van der Waals surface area (Å²) in [7, 11) is 0.382. The van der Waals surface area contributed by atoms with Crippen LogP contribution in [0.5, 0.6) is 5.88 Å². The lowest BCUT2D eigenvalue weighted by atomic mass is 10.1. The topological polar surface area (TPSA) is 127 Å². The third-order valence-corrected chi connectivity index (χ3v) is 4.98. The Balaban J connectivity index is 1.96. The number of nitrogens with zero attached hydrogens (tertiary/aromatic N) is 4. The van der Waals surface area contributed by atoms with E-state index in [1.807, 2.05) is 33.9 Å². The van der Waals surface area contributed by atoms with E-state index in [4.69, 9.17) is 24.4 Å². The standard InChI is InChI=1S/C17H28N5O5Si/c1-17(2,3)25-7-9-11(23)12(27-28(5)6)15(26-9)22-8-19-10-13(22)20-16(18)21-14(10)24-4/h8-9,11-12,15,23H,7H2,1-6H3,(H2,18,20,21)/t9-,11-,12+,15-/m1/s1. The van der Waals surface area contributed by atoms with Crippen molar-refractivity contribution in [2.24, 2.45) is 0 Å². The predicted octanol–water partition coefficient (Wildman–Crippen LogP) is 1.13. The molecule has 0 aromatic carbocycles. The number of hydrogen-bond acceptors (Lipinski definition) is 9. The van der Waals surface area contributed by atoms with Gasteiger partial charge in [-0.05, 0) is 33.9 Å². The number of rotatable bonds is 6. The van der Waals surface area contributed by atoms with E-state index in [1.165, 1.54) is 7.11 Å². The summed E-state index contributed by atoms with van der Waals surface area (Å²) in [4.78, 5) is 12.7. The molecule has 0 amide bonds. The molecule has 1 aliphatic rings. The van der Waals surface area contributed by atoms with Gasteiger partial charge in [-0.15, -0.1) is 0 Å². The van der Waals surface area contributed by atoms with E-state index >= 15 is 0 Å². The Morgan fingerprint density at radius 3 is 2.64 bits per heavy atom. The molecule has 3 rings (SSSR count). The van der Waals surface area contributed by atoms with E-state index < -0.39 is 33.6 Å². The maximum atomic E-state index is 10.9. The van der Waals surface area contributed by atoms with Crippen LogP contribution >= 0.6 is 0 Å². The van der Waals surface area contributed by atoms with Crippen LogP contribution in [0.15, 0.2) is 6.33 Å². The fourth-order valence-electron chi connectivity index (χ4n) is 3.05. The zero-order valence-corrected chi connectivity index (χ0v) is 18.0. The second-order valence-electron chi connectivity index (χ2n) is 7.88. The zero-order chi connectivity index (χ0) is 20.6. The fourth-order valence-corrected chi connectivity index (χ4v) is 3.85. The number of anilines is 1. The molecule has 3 heterocycles. The molecular weight excluding hydrogens is 382 g/mol. The van der Waals surface area contributed by atoms with Crippen molar-refractivity contribution < 1.29 is 23.7 Å². The van der Waals surface area contributed by atoms with Gasteiger partial charge in [-0.2, -0.15) is 9.97 Å². The van der Waals surface area contributed by atoms with Crippen LogP contribution in [0.1, 0.15) is 27.0 Å². The summed E-state index contributed by atoms with van der Waals surface area (Å²) in [5, 5.41) is 10.9. The third kappa shape index (κ3) is 4.28. The maximum Gasteiger partial charge on any atom is 0.246 e. The van der Waals surface area contributed by atoms with Crippen LogP contribution in [0.3, 0.4) is 0 Å². The molecule has 1 fully saturated rings. The Bertz CT molecular complexity index is 824. The van der Waals surface area contributed by atoms with Crippen LogP contribution in [0.4, 0.5) is 5.95 Å². The van der Waals surface area contributed by atoms with Crippen molar-refractivity contribution in [3.63, 3.8) is 0 Å². The molecule has 0 aliphatic carbocycles. The average Bonchev–Trinajstić information content (AvgIpc) is 3.13. The SMILES string of the molecule is COc1nc(N)nc2c1ncn2[C@@H]1O[C@H](COC(C)(C)C)[C@@H](O)[C@@H]1O[Si](C)C. The molecule has 4 atom stereocenters. The Hall–Kier alpha value is -1.79. The molecule has 0 bridgehead atoms. The lowest BCUT2D eigenvalue weighted by Gasteiger charge is -2.24. The molecule has 2 aromatic heterocycles. The fraction of sp³-hybridized carbons (Fsp3) is 0.706. The van der Waals surface area contributed by atoms with Gasteiger partial charge in [-0.25, -0.2) is 4.98 Å². The van der Waals surface area contributed by atoms with Crippen molar-refractivity contribution in [3.8, 4) is 5.88 Å². The number of aromatic nitrogens is 4. The van der Waals surface area contributed by atoms with Crippen LogP contribution in [0, 0.1) is 0 Å². The quantitative estimate of drug-likeness (QED) is 0.674. The summed E-state index contributed by atoms with van der Waals surface area (Å²) < 4.78 is 25.0. The summed E-state index contributed by atoms with van der Waals surface area (Å²) in [5.74, 6) is 0.339. The van der Waals surface area contributed by atoms with Gasteiger partial charge in [0, 0.05) is 0 Å². The summed E-state index contributed by atoms with van der Waals surface area (Å²) >= 11 is 0. The van der Waals surface area contributed by atoms with Gasteiger partial charge < -0.3 is 29.5 Å². The van der Waals surface area contributed by atoms with Crippen LogP contribution < -0.4 is 10.5 Å². The van der Waals surface area contributed by atoms with Gasteiger partial charge in [-0.1, -0.05) is 0 Å². The first-order chi connectivity index (χ1) is 13.1. The van der Waals surface area contributed by atoms with Crippen molar-refractivity contribution in [2.75, 3.05) is 19.5 Å². The predicted molar refractivity (Wildman–Crippen MR) is 104 cm³/mol. The lowest BCUT2D eigenvalue weighted by Crippen LogP contribution is -2.39. The number of fused-ring (bicyclic) bond motifs is 1. The molecule has 28 heavy (non-hydrogen) atoms. The molecule has 155 valence electrons. The highest BCUT2D eigenvalue weighted by Crippen LogP contribution is 2.35. The van der Waals surface area contributed by atoms with Crippen molar-refractivity contribution in [2.45, 2.75) is 64.0 Å². The average molecular weight is 411 g/mol. The molecule has 3 N–H and O–H groups in total. The first-order valence-electron chi connectivity index (χ1n) is 9.09. The summed E-state index contributed by atoms with van der Waals surface area (Å²) in [5.41, 5.74) is 6.38. The third-order valence-electron chi connectivity index (χ3n) is 4.24. The molecule has 0 saturated carbocycles. The Kier molecular flexibility index (Phi) is 5.91. The highest BCUT2D eigenvalue weighted by molar-refractivity contribution is 6.48. The van der Waals surface area contributed by atoms with Gasteiger partial charge in [0.25, 0.3) is 0 Å². The molecule has 0 unspecified atom stereocenters. The van der Waals surface area contributed by atoms with Crippen LogP contribution in [-0.2, 0) is 13.9 Å². The van der Waals surface area contributed by atoms with Gasteiger partial charge >= 0.3 is 0 Å². The van der Waals surface area contributed by atoms with E-state index in [2.05, 4.69) is 15.0 Å². The van der Waals surface area contributed by atoms with Crippen molar-refractivity contribution in [3.05, 3.63) is 6.33 Å². The van der Waals surface area contributed by atoms with Gasteiger partial charge in [-0.3, -0.25) is 4.57 Å². The summed E-state index contributed by atoms with van der Waals surface area (Å²) in [6.07, 6.45) is -1.05.